The number of carbonyl (C=O) groups is 1. The molecule has 0 spiro atoms. The fourth-order valence-electron chi connectivity index (χ4n) is 4.08. The number of rotatable bonds is 23. The molecule has 0 saturated heterocycles. The summed E-state index contributed by atoms with van der Waals surface area (Å²) in [6, 6.07) is -0.452. The molecular formula is C26H55N5O. The van der Waals surface area contributed by atoms with E-state index in [9.17, 15) is 4.79 Å². The zero-order chi connectivity index (χ0) is 23.9. The lowest BCUT2D eigenvalue weighted by atomic mass is 10.1. The molecule has 6 nitrogen and oxygen atoms in total. The van der Waals surface area contributed by atoms with E-state index < -0.39 is 6.04 Å². The van der Waals surface area contributed by atoms with Gasteiger partial charge in [-0.2, -0.15) is 0 Å². The van der Waals surface area contributed by atoms with E-state index in [-0.39, 0.29) is 11.9 Å². The Morgan fingerprint density at radius 3 is 1.50 bits per heavy atom. The van der Waals surface area contributed by atoms with Crippen molar-refractivity contribution in [3.05, 3.63) is 0 Å². The predicted octanol–water partition coefficient (Wildman–Crippen LogP) is 5.48. The lowest BCUT2D eigenvalue weighted by molar-refractivity contribution is -0.133. The summed E-state index contributed by atoms with van der Waals surface area (Å²) in [5, 5.41) is 0. The Morgan fingerprint density at radius 2 is 1.09 bits per heavy atom. The smallest absolute Gasteiger partial charge is 0.239 e. The van der Waals surface area contributed by atoms with Crippen molar-refractivity contribution in [3.63, 3.8) is 0 Å². The molecule has 1 atom stereocenters. The van der Waals surface area contributed by atoms with Crippen LogP contribution in [0.4, 0.5) is 0 Å². The van der Waals surface area contributed by atoms with Crippen molar-refractivity contribution in [1.29, 1.82) is 0 Å². The molecule has 0 bridgehead atoms. The third kappa shape index (κ3) is 19.4. The van der Waals surface area contributed by atoms with E-state index in [2.05, 4.69) is 18.8 Å². The third-order valence-electron chi connectivity index (χ3n) is 6.16. The molecule has 0 aliphatic rings. The summed E-state index contributed by atoms with van der Waals surface area (Å²) in [4.78, 5) is 19.0. The SMILES string of the molecule is CCCCCCCCCCN(CCCCCCCCCC)C(=O)[C@@H](N)CCCN=C(N)N. The van der Waals surface area contributed by atoms with Crippen molar-refractivity contribution in [1.82, 2.24) is 4.90 Å². The van der Waals surface area contributed by atoms with Gasteiger partial charge in [-0.25, -0.2) is 0 Å². The number of guanidine groups is 1. The molecule has 0 fully saturated rings. The highest BCUT2D eigenvalue weighted by Crippen LogP contribution is 2.12. The average Bonchev–Trinajstić information content (AvgIpc) is 2.78. The maximum Gasteiger partial charge on any atom is 0.239 e. The van der Waals surface area contributed by atoms with Gasteiger partial charge in [-0.3, -0.25) is 9.79 Å². The van der Waals surface area contributed by atoms with E-state index in [0.29, 0.717) is 13.0 Å². The summed E-state index contributed by atoms with van der Waals surface area (Å²) in [6.07, 6.45) is 21.8. The number of hydrogen-bond acceptors (Lipinski definition) is 3. The van der Waals surface area contributed by atoms with Crippen LogP contribution in [0, 0.1) is 0 Å². The van der Waals surface area contributed by atoms with Gasteiger partial charge in [0.1, 0.15) is 0 Å². The molecule has 0 aromatic heterocycles. The normalized spacial score (nSPS) is 12.0. The van der Waals surface area contributed by atoms with Gasteiger partial charge in [0.2, 0.25) is 5.91 Å². The highest BCUT2D eigenvalue weighted by Gasteiger charge is 2.20. The molecule has 0 aliphatic heterocycles. The van der Waals surface area contributed by atoms with E-state index in [1.807, 2.05) is 4.90 Å². The monoisotopic (exact) mass is 453 g/mol. The molecule has 6 N–H and O–H groups in total. The van der Waals surface area contributed by atoms with E-state index in [1.165, 1.54) is 89.9 Å². The van der Waals surface area contributed by atoms with Crippen LogP contribution in [-0.4, -0.2) is 42.4 Å². The topological polar surface area (TPSA) is 111 Å². The quantitative estimate of drug-likeness (QED) is 0.108. The zero-order valence-electron chi connectivity index (χ0n) is 21.5. The summed E-state index contributed by atoms with van der Waals surface area (Å²) in [5.74, 6) is 0.191. The summed E-state index contributed by atoms with van der Waals surface area (Å²) < 4.78 is 0. The Labute approximate surface area is 199 Å². The van der Waals surface area contributed by atoms with Crippen molar-refractivity contribution in [2.24, 2.45) is 22.2 Å². The van der Waals surface area contributed by atoms with Gasteiger partial charge in [-0.05, 0) is 25.7 Å². The van der Waals surface area contributed by atoms with Gasteiger partial charge in [0, 0.05) is 19.6 Å². The number of nitrogens with zero attached hydrogens (tertiary/aromatic N) is 2. The number of unbranched alkanes of at least 4 members (excludes halogenated alkanes) is 14. The molecule has 190 valence electrons. The number of aliphatic imine (C=N–C) groups is 1. The molecule has 32 heavy (non-hydrogen) atoms. The summed E-state index contributed by atoms with van der Waals surface area (Å²) in [5.41, 5.74) is 17.0. The largest absolute Gasteiger partial charge is 0.370 e. The lowest BCUT2D eigenvalue weighted by Crippen LogP contribution is -2.44. The molecular weight excluding hydrogens is 398 g/mol. The lowest BCUT2D eigenvalue weighted by Gasteiger charge is -2.26. The first-order valence-corrected chi connectivity index (χ1v) is 13.6. The van der Waals surface area contributed by atoms with Crippen LogP contribution in [0.3, 0.4) is 0 Å². The van der Waals surface area contributed by atoms with Gasteiger partial charge in [0.15, 0.2) is 5.96 Å². The minimum Gasteiger partial charge on any atom is -0.370 e. The Morgan fingerprint density at radius 1 is 0.688 bits per heavy atom. The molecule has 0 heterocycles. The van der Waals surface area contributed by atoms with E-state index >= 15 is 0 Å². The van der Waals surface area contributed by atoms with E-state index in [4.69, 9.17) is 17.2 Å². The first-order valence-electron chi connectivity index (χ1n) is 13.6. The minimum atomic E-state index is -0.452. The fraction of sp³-hybridized carbons (Fsp3) is 0.923. The van der Waals surface area contributed by atoms with Crippen LogP contribution in [0.5, 0.6) is 0 Å². The Bertz CT molecular complexity index is 431. The summed E-state index contributed by atoms with van der Waals surface area (Å²) >= 11 is 0. The van der Waals surface area contributed by atoms with Crippen molar-refractivity contribution < 1.29 is 4.79 Å². The number of nitrogens with two attached hydrogens (primary N) is 3. The van der Waals surface area contributed by atoms with Crippen LogP contribution in [0.15, 0.2) is 4.99 Å². The van der Waals surface area contributed by atoms with Gasteiger partial charge in [0.25, 0.3) is 0 Å². The molecule has 0 unspecified atom stereocenters. The second-order valence-electron chi connectivity index (χ2n) is 9.33. The number of amides is 1. The molecule has 0 aromatic carbocycles. The average molecular weight is 454 g/mol. The molecule has 1 amide bonds. The van der Waals surface area contributed by atoms with Crippen molar-refractivity contribution in [2.45, 2.75) is 135 Å². The minimum absolute atomic E-state index is 0.0934. The number of carbonyl (C=O) groups excluding carboxylic acids is 1. The number of hydrogen-bond donors (Lipinski definition) is 3. The fourth-order valence-corrected chi connectivity index (χ4v) is 4.08. The first kappa shape index (κ1) is 30.7. The zero-order valence-corrected chi connectivity index (χ0v) is 21.5. The standard InChI is InChI=1S/C26H55N5O/c1-3-5-7-9-11-13-15-17-22-31(23-18-16-14-12-10-8-6-4-2)25(32)24(27)20-19-21-30-26(28)29/h24H,3-23,27H2,1-2H3,(H4,28,29,30)/t24-/m0/s1. The Kier molecular flexibility index (Phi) is 21.9. The van der Waals surface area contributed by atoms with E-state index in [0.717, 1.165) is 32.4 Å². The second kappa shape index (κ2) is 22.9. The van der Waals surface area contributed by atoms with Crippen molar-refractivity contribution in [3.8, 4) is 0 Å². The summed E-state index contributed by atoms with van der Waals surface area (Å²) in [7, 11) is 0. The molecule has 6 heteroatoms. The second-order valence-corrected chi connectivity index (χ2v) is 9.33. The van der Waals surface area contributed by atoms with Crippen molar-refractivity contribution >= 4 is 11.9 Å². The maximum absolute atomic E-state index is 13.0. The molecule has 0 aliphatic carbocycles. The van der Waals surface area contributed by atoms with Gasteiger partial charge < -0.3 is 22.1 Å². The van der Waals surface area contributed by atoms with Crippen LogP contribution in [0.1, 0.15) is 129 Å². The maximum atomic E-state index is 13.0. The van der Waals surface area contributed by atoms with Gasteiger partial charge in [-0.15, -0.1) is 0 Å². The third-order valence-corrected chi connectivity index (χ3v) is 6.16. The predicted molar refractivity (Wildman–Crippen MR) is 140 cm³/mol. The van der Waals surface area contributed by atoms with Crippen LogP contribution in [-0.2, 0) is 4.79 Å². The van der Waals surface area contributed by atoms with Gasteiger partial charge in [-0.1, -0.05) is 104 Å². The van der Waals surface area contributed by atoms with Crippen LogP contribution in [0.2, 0.25) is 0 Å². The van der Waals surface area contributed by atoms with Crippen molar-refractivity contribution in [2.75, 3.05) is 19.6 Å². The summed E-state index contributed by atoms with van der Waals surface area (Å²) in [6.45, 7) is 6.71. The van der Waals surface area contributed by atoms with Gasteiger partial charge in [0.05, 0.1) is 6.04 Å². The molecule has 0 aromatic rings. The van der Waals surface area contributed by atoms with Crippen LogP contribution < -0.4 is 17.2 Å². The van der Waals surface area contributed by atoms with Gasteiger partial charge >= 0.3 is 0 Å². The molecule has 0 rings (SSSR count). The molecule has 0 radical (unpaired) electrons. The Balaban J connectivity index is 4.29. The first-order chi connectivity index (χ1) is 15.5. The highest BCUT2D eigenvalue weighted by atomic mass is 16.2. The highest BCUT2D eigenvalue weighted by molar-refractivity contribution is 5.81. The Hall–Kier alpha value is -1.30. The molecule has 0 saturated carbocycles. The van der Waals surface area contributed by atoms with Crippen LogP contribution >= 0.6 is 0 Å². The van der Waals surface area contributed by atoms with E-state index in [1.54, 1.807) is 0 Å². The van der Waals surface area contributed by atoms with Crippen LogP contribution in [0.25, 0.3) is 0 Å².